The van der Waals surface area contributed by atoms with E-state index in [0.29, 0.717) is 17.6 Å². The van der Waals surface area contributed by atoms with E-state index in [-0.39, 0.29) is 6.04 Å². The number of methoxy groups -OCH3 is 1. The maximum Gasteiger partial charge on any atom is 0.243 e. The Labute approximate surface area is 105 Å². The van der Waals surface area contributed by atoms with Gasteiger partial charge in [-0.3, -0.25) is 0 Å². The zero-order valence-corrected chi connectivity index (χ0v) is 10.6. The number of hydrogen-bond donors (Lipinski definition) is 1. The average Bonchev–Trinajstić information content (AvgIpc) is 2.67. The predicted molar refractivity (Wildman–Crippen MR) is 67.6 cm³/mol. The van der Waals surface area contributed by atoms with Crippen LogP contribution in [0.5, 0.6) is 0 Å². The summed E-state index contributed by atoms with van der Waals surface area (Å²) in [5, 5.41) is 8.15. The van der Waals surface area contributed by atoms with Gasteiger partial charge in [-0.25, -0.2) is 4.52 Å². The van der Waals surface area contributed by atoms with Gasteiger partial charge in [-0.05, 0) is 25.5 Å². The molecule has 0 spiro atoms. The molecule has 0 aliphatic heterocycles. The highest BCUT2D eigenvalue weighted by atomic mass is 35.5. The molecule has 0 aliphatic rings. The Hall–Kier alpha value is -1.33. The van der Waals surface area contributed by atoms with Crippen molar-refractivity contribution in [2.24, 2.45) is 0 Å². The summed E-state index contributed by atoms with van der Waals surface area (Å²) >= 11 is 5.88. The quantitative estimate of drug-likeness (QED) is 0.889. The van der Waals surface area contributed by atoms with Gasteiger partial charge in [0.1, 0.15) is 0 Å². The van der Waals surface area contributed by atoms with Gasteiger partial charge < -0.3 is 10.1 Å². The summed E-state index contributed by atoms with van der Waals surface area (Å²) in [5.74, 6) is 0.607. The van der Waals surface area contributed by atoms with E-state index in [4.69, 9.17) is 16.3 Å². The van der Waals surface area contributed by atoms with Crippen molar-refractivity contribution >= 4 is 23.2 Å². The van der Waals surface area contributed by atoms with E-state index in [9.17, 15) is 0 Å². The van der Waals surface area contributed by atoms with Gasteiger partial charge in [-0.2, -0.15) is 4.98 Å². The maximum atomic E-state index is 5.88. The van der Waals surface area contributed by atoms with E-state index in [2.05, 4.69) is 22.3 Å². The molecule has 2 rings (SSSR count). The lowest BCUT2D eigenvalue weighted by Crippen LogP contribution is -2.18. The molecule has 2 aromatic heterocycles. The Balaban J connectivity index is 2.08. The smallest absolute Gasteiger partial charge is 0.243 e. The number of ether oxygens (including phenoxy) is 1. The predicted octanol–water partition coefficient (Wildman–Crippen LogP) is 2.22. The molecule has 92 valence electrons. The van der Waals surface area contributed by atoms with Crippen LogP contribution in [0.2, 0.25) is 5.02 Å². The minimum Gasteiger partial charge on any atom is -0.385 e. The van der Waals surface area contributed by atoms with Crippen LogP contribution in [0.4, 0.5) is 5.95 Å². The maximum absolute atomic E-state index is 5.88. The van der Waals surface area contributed by atoms with Crippen LogP contribution in [0.15, 0.2) is 18.3 Å². The molecule has 0 aliphatic carbocycles. The standard InChI is InChI=1S/C11H15ClN4O/c1-8(5-6-17-2)13-11-14-10-4-3-9(12)7-16(10)15-11/h3-4,7-8H,5-6H2,1-2H3,(H,13,15). The first-order valence-electron chi connectivity index (χ1n) is 5.46. The molecular formula is C11H15ClN4O. The number of fused-ring (bicyclic) bond motifs is 1. The van der Waals surface area contributed by atoms with Crippen LogP contribution in [-0.4, -0.2) is 34.4 Å². The van der Waals surface area contributed by atoms with E-state index in [1.807, 2.05) is 6.07 Å². The first kappa shape index (κ1) is 12.1. The third-order valence-corrected chi connectivity index (χ3v) is 2.65. The fourth-order valence-electron chi connectivity index (χ4n) is 1.51. The minimum absolute atomic E-state index is 0.267. The highest BCUT2D eigenvalue weighted by Crippen LogP contribution is 2.12. The molecule has 0 radical (unpaired) electrons. The molecule has 0 fully saturated rings. The summed E-state index contributed by atoms with van der Waals surface area (Å²) in [6, 6.07) is 3.90. The Kier molecular flexibility index (Phi) is 3.81. The lowest BCUT2D eigenvalue weighted by atomic mass is 10.2. The van der Waals surface area contributed by atoms with Crippen molar-refractivity contribution in [1.82, 2.24) is 14.6 Å². The fourth-order valence-corrected chi connectivity index (χ4v) is 1.66. The number of rotatable bonds is 5. The normalized spacial score (nSPS) is 12.9. The molecule has 0 amide bonds. The second-order valence-electron chi connectivity index (χ2n) is 3.91. The Morgan fingerprint density at radius 1 is 1.53 bits per heavy atom. The van der Waals surface area contributed by atoms with Crippen LogP contribution >= 0.6 is 11.6 Å². The second kappa shape index (κ2) is 5.33. The second-order valence-corrected chi connectivity index (χ2v) is 4.35. The lowest BCUT2D eigenvalue weighted by Gasteiger charge is -2.10. The fraction of sp³-hybridized carbons (Fsp3) is 0.455. The first-order chi connectivity index (χ1) is 8.19. The number of nitrogens with one attached hydrogen (secondary N) is 1. The molecular weight excluding hydrogens is 240 g/mol. The summed E-state index contributed by atoms with van der Waals surface area (Å²) in [6.07, 6.45) is 2.64. The molecule has 6 heteroatoms. The van der Waals surface area contributed by atoms with Crippen molar-refractivity contribution in [3.05, 3.63) is 23.4 Å². The third-order valence-electron chi connectivity index (χ3n) is 2.43. The average molecular weight is 255 g/mol. The van der Waals surface area contributed by atoms with Gasteiger partial charge in [0.05, 0.1) is 5.02 Å². The van der Waals surface area contributed by atoms with Crippen molar-refractivity contribution in [3.63, 3.8) is 0 Å². The lowest BCUT2D eigenvalue weighted by molar-refractivity contribution is 0.191. The number of pyridine rings is 1. The summed E-state index contributed by atoms with van der Waals surface area (Å²) in [7, 11) is 1.69. The van der Waals surface area contributed by atoms with E-state index in [0.717, 1.165) is 12.1 Å². The molecule has 0 saturated heterocycles. The third kappa shape index (κ3) is 3.08. The molecule has 1 unspecified atom stereocenters. The number of aromatic nitrogens is 3. The van der Waals surface area contributed by atoms with Gasteiger partial charge in [-0.1, -0.05) is 11.6 Å². The van der Waals surface area contributed by atoms with Crippen molar-refractivity contribution in [2.75, 3.05) is 19.0 Å². The molecule has 0 aromatic carbocycles. The van der Waals surface area contributed by atoms with Crippen molar-refractivity contribution in [1.29, 1.82) is 0 Å². The molecule has 2 aromatic rings. The topological polar surface area (TPSA) is 51.5 Å². The molecule has 1 N–H and O–H groups in total. The van der Waals surface area contributed by atoms with Crippen LogP contribution in [-0.2, 0) is 4.74 Å². The van der Waals surface area contributed by atoms with E-state index in [1.165, 1.54) is 0 Å². The summed E-state index contributed by atoms with van der Waals surface area (Å²) in [6.45, 7) is 2.78. The number of anilines is 1. The molecule has 0 saturated carbocycles. The van der Waals surface area contributed by atoms with Gasteiger partial charge in [0.25, 0.3) is 0 Å². The minimum atomic E-state index is 0.267. The Bertz CT molecular complexity index is 499. The van der Waals surface area contributed by atoms with Crippen molar-refractivity contribution in [3.8, 4) is 0 Å². The van der Waals surface area contributed by atoms with Gasteiger partial charge in [0, 0.05) is 26.0 Å². The largest absolute Gasteiger partial charge is 0.385 e. The zero-order chi connectivity index (χ0) is 12.3. The molecule has 17 heavy (non-hydrogen) atoms. The Morgan fingerprint density at radius 2 is 2.35 bits per heavy atom. The Morgan fingerprint density at radius 3 is 3.12 bits per heavy atom. The van der Waals surface area contributed by atoms with Crippen LogP contribution in [0.3, 0.4) is 0 Å². The van der Waals surface area contributed by atoms with Crippen LogP contribution in [0, 0.1) is 0 Å². The molecule has 5 nitrogen and oxygen atoms in total. The summed E-state index contributed by atoms with van der Waals surface area (Å²) in [4.78, 5) is 4.34. The van der Waals surface area contributed by atoms with E-state index < -0.39 is 0 Å². The highest BCUT2D eigenvalue weighted by Gasteiger charge is 2.07. The first-order valence-corrected chi connectivity index (χ1v) is 5.84. The van der Waals surface area contributed by atoms with Gasteiger partial charge in [0.15, 0.2) is 5.65 Å². The summed E-state index contributed by atoms with van der Waals surface area (Å²) in [5.41, 5.74) is 0.774. The van der Waals surface area contributed by atoms with Crippen LogP contribution in [0.1, 0.15) is 13.3 Å². The van der Waals surface area contributed by atoms with Gasteiger partial charge in [-0.15, -0.1) is 5.10 Å². The molecule has 2 heterocycles. The molecule has 0 bridgehead atoms. The number of hydrogen-bond acceptors (Lipinski definition) is 4. The van der Waals surface area contributed by atoms with E-state index in [1.54, 1.807) is 23.9 Å². The summed E-state index contributed by atoms with van der Waals surface area (Å²) < 4.78 is 6.68. The molecule has 1 atom stereocenters. The highest BCUT2D eigenvalue weighted by molar-refractivity contribution is 6.30. The van der Waals surface area contributed by atoms with Crippen molar-refractivity contribution < 1.29 is 4.74 Å². The monoisotopic (exact) mass is 254 g/mol. The van der Waals surface area contributed by atoms with Gasteiger partial charge in [0.2, 0.25) is 5.95 Å². The zero-order valence-electron chi connectivity index (χ0n) is 9.85. The van der Waals surface area contributed by atoms with E-state index >= 15 is 0 Å². The SMILES string of the molecule is COCCC(C)Nc1nc2ccc(Cl)cn2n1. The number of halogens is 1. The van der Waals surface area contributed by atoms with Crippen molar-refractivity contribution in [2.45, 2.75) is 19.4 Å². The number of nitrogens with zero attached hydrogens (tertiary/aromatic N) is 3. The van der Waals surface area contributed by atoms with Gasteiger partial charge >= 0.3 is 0 Å². The van der Waals surface area contributed by atoms with Crippen LogP contribution < -0.4 is 5.32 Å². The van der Waals surface area contributed by atoms with Crippen LogP contribution in [0.25, 0.3) is 5.65 Å².